The molecule has 0 radical (unpaired) electrons. The van der Waals surface area contributed by atoms with Crippen LogP contribution in [0.15, 0.2) is 30.3 Å². The fraction of sp³-hybridized carbons (Fsp3) is 0.600. The number of ether oxygens (including phenoxy) is 3. The van der Waals surface area contributed by atoms with E-state index in [1.807, 2.05) is 30.3 Å². The number of hydrazine groups is 1. The molecule has 0 spiro atoms. The van der Waals surface area contributed by atoms with Gasteiger partial charge in [-0.1, -0.05) is 44.2 Å². The molecule has 1 fully saturated rings. The summed E-state index contributed by atoms with van der Waals surface area (Å²) in [5.74, 6) is -1.19. The Balaban J connectivity index is 2.39. The fourth-order valence-electron chi connectivity index (χ4n) is 3.54. The van der Waals surface area contributed by atoms with Crippen LogP contribution in [0.1, 0.15) is 61.0 Å². The first-order valence-electron chi connectivity index (χ1n) is 11.6. The van der Waals surface area contributed by atoms with Gasteiger partial charge in [-0.05, 0) is 59.4 Å². The van der Waals surface area contributed by atoms with Gasteiger partial charge in [0.15, 0.2) is 0 Å². The maximum atomic E-state index is 13.8. The van der Waals surface area contributed by atoms with Gasteiger partial charge in [0.25, 0.3) is 5.91 Å². The lowest BCUT2D eigenvalue weighted by molar-refractivity contribution is -0.137. The van der Waals surface area contributed by atoms with Gasteiger partial charge in [-0.3, -0.25) is 4.79 Å². The number of benzene rings is 1. The van der Waals surface area contributed by atoms with Crippen molar-refractivity contribution in [3.63, 3.8) is 0 Å². The Hall–Kier alpha value is -3.30. The molecule has 1 heterocycles. The van der Waals surface area contributed by atoms with E-state index < -0.39 is 53.4 Å². The molecule has 4 amide bonds. The van der Waals surface area contributed by atoms with Crippen LogP contribution in [0.4, 0.5) is 14.4 Å². The lowest BCUT2D eigenvalue weighted by atomic mass is 10.00. The van der Waals surface area contributed by atoms with Crippen LogP contribution in [0.2, 0.25) is 0 Å². The second-order valence-corrected chi connectivity index (χ2v) is 10.8. The predicted molar refractivity (Wildman–Crippen MR) is 128 cm³/mol. The summed E-state index contributed by atoms with van der Waals surface area (Å²) >= 11 is 0. The van der Waals surface area contributed by atoms with E-state index in [1.165, 1.54) is 0 Å². The summed E-state index contributed by atoms with van der Waals surface area (Å²) in [6, 6.07) is 7.56. The van der Waals surface area contributed by atoms with Crippen LogP contribution in [0, 0.1) is 5.92 Å². The zero-order valence-corrected chi connectivity index (χ0v) is 21.8. The first kappa shape index (κ1) is 27.9. The largest absolute Gasteiger partial charge is 0.447 e. The van der Waals surface area contributed by atoms with Gasteiger partial charge in [0, 0.05) is 0 Å². The van der Waals surface area contributed by atoms with Crippen molar-refractivity contribution in [1.29, 1.82) is 0 Å². The number of imide groups is 1. The molecule has 35 heavy (non-hydrogen) atoms. The molecule has 1 aromatic rings. The number of hydrogen-bond donors (Lipinski definition) is 1. The van der Waals surface area contributed by atoms with Crippen LogP contribution in [0.3, 0.4) is 0 Å². The lowest BCUT2D eigenvalue weighted by Crippen LogP contribution is -2.62. The Morgan fingerprint density at radius 2 is 1.63 bits per heavy atom. The van der Waals surface area contributed by atoms with Crippen molar-refractivity contribution in [2.45, 2.75) is 85.1 Å². The molecule has 1 unspecified atom stereocenters. The second-order valence-electron chi connectivity index (χ2n) is 10.8. The van der Waals surface area contributed by atoms with Crippen molar-refractivity contribution < 1.29 is 33.4 Å². The Kier molecular flexibility index (Phi) is 8.75. The average Bonchev–Trinajstić information content (AvgIpc) is 3.05. The standard InChI is InChI=1S/C25H37N3O7/c1-16(2)19(28(23(32)35-25(6,7)8)26-21(30)34-24(3,4)5)20(29)27-18(15-33-22(27)31)14-17-12-10-9-11-13-17/h9-13,16,18-19H,14-15H2,1-8H3,(H,26,30)/t18-,19?/m0/s1. The molecular weight excluding hydrogens is 454 g/mol. The molecule has 1 aromatic carbocycles. The van der Waals surface area contributed by atoms with Crippen LogP contribution in [-0.2, 0) is 25.4 Å². The van der Waals surface area contributed by atoms with Crippen LogP contribution in [0.5, 0.6) is 0 Å². The van der Waals surface area contributed by atoms with Gasteiger partial charge in [-0.25, -0.2) is 29.7 Å². The Labute approximate surface area is 206 Å². The molecule has 0 bridgehead atoms. The number of carbonyl (C=O) groups is 4. The third kappa shape index (κ3) is 8.15. The average molecular weight is 492 g/mol. The highest BCUT2D eigenvalue weighted by molar-refractivity contribution is 5.98. The molecule has 0 aliphatic carbocycles. The van der Waals surface area contributed by atoms with E-state index in [0.29, 0.717) is 6.42 Å². The summed E-state index contributed by atoms with van der Waals surface area (Å²) in [7, 11) is 0. The summed E-state index contributed by atoms with van der Waals surface area (Å²) in [6.07, 6.45) is -2.31. The van der Waals surface area contributed by atoms with Crippen molar-refractivity contribution in [3.8, 4) is 0 Å². The minimum atomic E-state index is -1.26. The SMILES string of the molecule is CC(C)C(C(=O)N1C(=O)OC[C@@H]1Cc1ccccc1)N(NC(=O)OC(C)(C)C)C(=O)OC(C)(C)C. The van der Waals surface area contributed by atoms with Gasteiger partial charge in [0.05, 0.1) is 6.04 Å². The highest BCUT2D eigenvalue weighted by atomic mass is 16.6. The number of nitrogens with one attached hydrogen (secondary N) is 1. The molecule has 194 valence electrons. The first-order chi connectivity index (χ1) is 16.1. The summed E-state index contributed by atoms with van der Waals surface area (Å²) in [4.78, 5) is 53.1. The molecule has 0 aromatic heterocycles. The van der Waals surface area contributed by atoms with Gasteiger partial charge in [0.1, 0.15) is 23.9 Å². The van der Waals surface area contributed by atoms with E-state index in [1.54, 1.807) is 55.4 Å². The van der Waals surface area contributed by atoms with Crippen molar-refractivity contribution in [2.24, 2.45) is 5.92 Å². The zero-order chi connectivity index (χ0) is 26.6. The Morgan fingerprint density at radius 1 is 1.06 bits per heavy atom. The van der Waals surface area contributed by atoms with Gasteiger partial charge >= 0.3 is 18.3 Å². The molecule has 0 saturated carbocycles. The minimum Gasteiger partial charge on any atom is -0.447 e. The number of amides is 4. The summed E-state index contributed by atoms with van der Waals surface area (Å²) in [5, 5.41) is 0.803. The van der Waals surface area contributed by atoms with Crippen LogP contribution >= 0.6 is 0 Å². The minimum absolute atomic E-state index is 0.0240. The highest BCUT2D eigenvalue weighted by Crippen LogP contribution is 2.24. The number of rotatable bonds is 5. The van der Waals surface area contributed by atoms with Crippen molar-refractivity contribution in [1.82, 2.24) is 15.3 Å². The number of nitrogens with zero attached hydrogens (tertiary/aromatic N) is 2. The monoisotopic (exact) mass is 491 g/mol. The normalized spacial score (nSPS) is 17.0. The van der Waals surface area contributed by atoms with Gasteiger partial charge in [-0.15, -0.1) is 0 Å². The summed E-state index contributed by atoms with van der Waals surface area (Å²) in [5.41, 5.74) is 1.53. The van der Waals surface area contributed by atoms with Crippen LogP contribution < -0.4 is 5.43 Å². The van der Waals surface area contributed by atoms with Crippen molar-refractivity contribution in [3.05, 3.63) is 35.9 Å². The van der Waals surface area contributed by atoms with E-state index in [-0.39, 0.29) is 6.61 Å². The lowest BCUT2D eigenvalue weighted by Gasteiger charge is -2.36. The zero-order valence-electron chi connectivity index (χ0n) is 21.8. The van der Waals surface area contributed by atoms with E-state index in [0.717, 1.165) is 15.5 Å². The fourth-order valence-corrected chi connectivity index (χ4v) is 3.54. The molecule has 10 heteroatoms. The maximum Gasteiger partial charge on any atom is 0.430 e. The number of hydrogen-bond acceptors (Lipinski definition) is 7. The van der Waals surface area contributed by atoms with E-state index in [9.17, 15) is 19.2 Å². The molecular formula is C25H37N3O7. The van der Waals surface area contributed by atoms with Crippen molar-refractivity contribution >= 4 is 24.2 Å². The van der Waals surface area contributed by atoms with Gasteiger partial charge < -0.3 is 14.2 Å². The van der Waals surface area contributed by atoms with E-state index in [2.05, 4.69) is 5.43 Å². The third-order valence-corrected chi connectivity index (χ3v) is 4.88. The number of cyclic esters (lactones) is 1. The molecule has 1 N–H and O–H groups in total. The summed E-state index contributed by atoms with van der Waals surface area (Å²) in [6.45, 7) is 13.4. The molecule has 2 rings (SSSR count). The molecule has 1 aliphatic rings. The Morgan fingerprint density at radius 3 is 2.14 bits per heavy atom. The van der Waals surface area contributed by atoms with Crippen molar-refractivity contribution in [2.75, 3.05) is 6.61 Å². The van der Waals surface area contributed by atoms with Gasteiger partial charge in [-0.2, -0.15) is 0 Å². The van der Waals surface area contributed by atoms with Crippen LogP contribution in [0.25, 0.3) is 0 Å². The predicted octanol–water partition coefficient (Wildman–Crippen LogP) is 4.28. The maximum absolute atomic E-state index is 13.8. The topological polar surface area (TPSA) is 114 Å². The Bertz CT molecular complexity index is 919. The van der Waals surface area contributed by atoms with E-state index in [4.69, 9.17) is 14.2 Å². The third-order valence-electron chi connectivity index (χ3n) is 4.88. The molecule has 1 aliphatic heterocycles. The first-order valence-corrected chi connectivity index (χ1v) is 11.6. The molecule has 1 saturated heterocycles. The summed E-state index contributed by atoms with van der Waals surface area (Å²) < 4.78 is 15.9. The number of carbonyl (C=O) groups excluding carboxylic acids is 4. The smallest absolute Gasteiger partial charge is 0.430 e. The van der Waals surface area contributed by atoms with Crippen LogP contribution in [-0.4, -0.2) is 64.0 Å². The van der Waals surface area contributed by atoms with E-state index >= 15 is 0 Å². The van der Waals surface area contributed by atoms with Gasteiger partial charge in [0.2, 0.25) is 0 Å². The highest BCUT2D eigenvalue weighted by Gasteiger charge is 2.46. The molecule has 10 nitrogen and oxygen atoms in total. The second kappa shape index (κ2) is 11.0. The molecule has 2 atom stereocenters. The quantitative estimate of drug-likeness (QED) is 0.483.